The van der Waals surface area contributed by atoms with Crippen LogP contribution in [-0.2, 0) is 0 Å². The molecule has 0 aromatic heterocycles. The molecular weight excluding hydrogens is 306 g/mol. The molecule has 0 bridgehead atoms. The van der Waals surface area contributed by atoms with E-state index in [1.807, 2.05) is 0 Å². The Morgan fingerprint density at radius 1 is 0.880 bits per heavy atom. The van der Waals surface area contributed by atoms with Crippen molar-refractivity contribution in [1.82, 2.24) is 0 Å². The molecule has 1 aliphatic heterocycles. The summed E-state index contributed by atoms with van der Waals surface area (Å²) in [7, 11) is 1.77. The van der Waals surface area contributed by atoms with E-state index in [4.69, 9.17) is 4.74 Å². The first-order chi connectivity index (χ1) is 12.3. The molecule has 2 heteroatoms. The summed E-state index contributed by atoms with van der Waals surface area (Å²) in [5, 5.41) is 0. The molecule has 1 saturated heterocycles. The molecule has 0 N–H and O–H groups in total. The van der Waals surface area contributed by atoms with Crippen LogP contribution in [0.3, 0.4) is 0 Å². The van der Waals surface area contributed by atoms with Crippen LogP contribution in [0.25, 0.3) is 0 Å². The van der Waals surface area contributed by atoms with Crippen LogP contribution in [0.5, 0.6) is 5.75 Å². The summed E-state index contributed by atoms with van der Waals surface area (Å²) in [6.45, 7) is 2.49. The summed E-state index contributed by atoms with van der Waals surface area (Å²) in [5.41, 5.74) is 1.46. The fourth-order valence-electron chi connectivity index (χ4n) is 7.18. The number of hydrogen-bond donors (Lipinski definition) is 0. The van der Waals surface area contributed by atoms with Gasteiger partial charge in [0.15, 0.2) is 0 Å². The quantitative estimate of drug-likeness (QED) is 0.704. The summed E-state index contributed by atoms with van der Waals surface area (Å²) in [5.74, 6) is 5.80. The van der Waals surface area contributed by atoms with Crippen molar-refractivity contribution in [3.63, 3.8) is 0 Å². The Hall–Kier alpha value is -1.18. The van der Waals surface area contributed by atoms with Gasteiger partial charge in [0, 0.05) is 17.8 Å². The molecular formula is C23H33NO. The van der Waals surface area contributed by atoms with Crippen LogP contribution in [0, 0.1) is 29.6 Å². The van der Waals surface area contributed by atoms with E-state index in [2.05, 4.69) is 36.1 Å². The molecule has 0 spiro atoms. The Kier molecular flexibility index (Phi) is 3.98. The lowest BCUT2D eigenvalue weighted by Gasteiger charge is -2.41. The standard InChI is InChI=1S/C23H33NO/c1-15-7-12-22-20(13-15)21-14-16-5-3-4-6-19(16)23(21)24(22)17-8-10-18(25-2)11-9-17/h8-11,15-16,19-23H,3-7,12-14H2,1-2H3. The fraction of sp³-hybridized carbons (Fsp3) is 0.739. The van der Waals surface area contributed by atoms with Crippen LogP contribution in [0.4, 0.5) is 5.69 Å². The van der Waals surface area contributed by atoms with Crippen molar-refractivity contribution in [3.05, 3.63) is 24.3 Å². The third-order valence-electron chi connectivity index (χ3n) is 8.14. The molecule has 1 aromatic rings. The summed E-state index contributed by atoms with van der Waals surface area (Å²) < 4.78 is 5.41. The number of anilines is 1. The fourth-order valence-corrected chi connectivity index (χ4v) is 7.18. The van der Waals surface area contributed by atoms with Gasteiger partial charge in [0.1, 0.15) is 5.75 Å². The van der Waals surface area contributed by atoms with Crippen molar-refractivity contribution < 1.29 is 4.74 Å². The van der Waals surface area contributed by atoms with Gasteiger partial charge in [-0.15, -0.1) is 0 Å². The molecule has 25 heavy (non-hydrogen) atoms. The van der Waals surface area contributed by atoms with E-state index in [1.54, 1.807) is 7.11 Å². The maximum Gasteiger partial charge on any atom is 0.119 e. The zero-order valence-electron chi connectivity index (χ0n) is 15.9. The van der Waals surface area contributed by atoms with E-state index in [0.717, 1.165) is 47.4 Å². The minimum Gasteiger partial charge on any atom is -0.497 e. The first-order valence-electron chi connectivity index (χ1n) is 10.7. The highest BCUT2D eigenvalue weighted by Gasteiger charge is 2.58. The Bertz CT molecular complexity index is 611. The number of methoxy groups -OCH3 is 1. The molecule has 1 aromatic carbocycles. The van der Waals surface area contributed by atoms with Crippen LogP contribution in [0.1, 0.15) is 58.3 Å². The van der Waals surface area contributed by atoms with E-state index < -0.39 is 0 Å². The Labute approximate surface area is 152 Å². The smallest absolute Gasteiger partial charge is 0.119 e. The molecule has 3 aliphatic carbocycles. The van der Waals surface area contributed by atoms with Crippen molar-refractivity contribution in [2.75, 3.05) is 12.0 Å². The topological polar surface area (TPSA) is 12.5 Å². The molecule has 7 atom stereocenters. The van der Waals surface area contributed by atoms with Crippen molar-refractivity contribution in [1.29, 1.82) is 0 Å². The molecule has 1 heterocycles. The average molecular weight is 340 g/mol. The third-order valence-corrected chi connectivity index (χ3v) is 8.14. The highest BCUT2D eigenvalue weighted by molar-refractivity contribution is 5.53. The van der Waals surface area contributed by atoms with E-state index in [-0.39, 0.29) is 0 Å². The number of ether oxygens (including phenoxy) is 1. The van der Waals surface area contributed by atoms with E-state index in [0.29, 0.717) is 0 Å². The number of rotatable bonds is 2. The molecule has 4 fully saturated rings. The average Bonchev–Trinajstić information content (AvgIpc) is 3.16. The predicted molar refractivity (Wildman–Crippen MR) is 103 cm³/mol. The summed E-state index contributed by atoms with van der Waals surface area (Å²) >= 11 is 0. The van der Waals surface area contributed by atoms with Gasteiger partial charge in [0.25, 0.3) is 0 Å². The Morgan fingerprint density at radius 3 is 2.48 bits per heavy atom. The van der Waals surface area contributed by atoms with Crippen LogP contribution in [0.15, 0.2) is 24.3 Å². The predicted octanol–water partition coefficient (Wildman–Crippen LogP) is 5.51. The lowest BCUT2D eigenvalue weighted by atomic mass is 9.74. The monoisotopic (exact) mass is 339 g/mol. The molecule has 0 amide bonds. The van der Waals surface area contributed by atoms with Crippen LogP contribution in [-0.4, -0.2) is 19.2 Å². The number of nitrogens with zero attached hydrogens (tertiary/aromatic N) is 1. The second-order valence-corrected chi connectivity index (χ2v) is 9.35. The van der Waals surface area contributed by atoms with Crippen molar-refractivity contribution >= 4 is 5.69 Å². The van der Waals surface area contributed by atoms with Crippen molar-refractivity contribution in [2.45, 2.75) is 70.4 Å². The number of fused-ring (bicyclic) bond motifs is 5. The van der Waals surface area contributed by atoms with Gasteiger partial charge in [-0.2, -0.15) is 0 Å². The van der Waals surface area contributed by atoms with E-state index in [1.165, 1.54) is 57.1 Å². The first-order valence-corrected chi connectivity index (χ1v) is 10.7. The zero-order valence-corrected chi connectivity index (χ0v) is 15.9. The van der Waals surface area contributed by atoms with Gasteiger partial charge in [-0.05, 0) is 86.0 Å². The maximum atomic E-state index is 5.41. The second-order valence-electron chi connectivity index (χ2n) is 9.35. The second kappa shape index (κ2) is 6.21. The molecule has 136 valence electrons. The van der Waals surface area contributed by atoms with Crippen molar-refractivity contribution in [3.8, 4) is 5.75 Å². The van der Waals surface area contributed by atoms with Gasteiger partial charge in [0.05, 0.1) is 7.11 Å². The zero-order chi connectivity index (χ0) is 17.0. The normalized spacial score (nSPS) is 42.6. The van der Waals surface area contributed by atoms with Gasteiger partial charge in [0.2, 0.25) is 0 Å². The molecule has 2 nitrogen and oxygen atoms in total. The number of benzene rings is 1. The largest absolute Gasteiger partial charge is 0.497 e. The first kappa shape index (κ1) is 16.0. The molecule has 4 aliphatic rings. The lowest BCUT2D eigenvalue weighted by Crippen LogP contribution is -2.43. The summed E-state index contributed by atoms with van der Waals surface area (Å²) in [4.78, 5) is 2.91. The third kappa shape index (κ3) is 2.51. The van der Waals surface area contributed by atoms with Gasteiger partial charge >= 0.3 is 0 Å². The van der Waals surface area contributed by atoms with Gasteiger partial charge < -0.3 is 9.64 Å². The SMILES string of the molecule is COc1ccc(N2C3CCC(C)CC3C3CC4CCCCC4C32)cc1. The summed E-state index contributed by atoms with van der Waals surface area (Å²) in [6, 6.07) is 10.6. The van der Waals surface area contributed by atoms with Crippen molar-refractivity contribution in [2.24, 2.45) is 29.6 Å². The highest BCUT2D eigenvalue weighted by Crippen LogP contribution is 2.59. The highest BCUT2D eigenvalue weighted by atomic mass is 16.5. The van der Waals surface area contributed by atoms with Crippen LogP contribution >= 0.6 is 0 Å². The van der Waals surface area contributed by atoms with Crippen LogP contribution in [0.2, 0.25) is 0 Å². The molecule has 0 radical (unpaired) electrons. The summed E-state index contributed by atoms with van der Waals surface area (Å²) in [6.07, 6.45) is 11.7. The Morgan fingerprint density at radius 2 is 1.68 bits per heavy atom. The lowest BCUT2D eigenvalue weighted by molar-refractivity contribution is 0.209. The van der Waals surface area contributed by atoms with E-state index in [9.17, 15) is 0 Å². The van der Waals surface area contributed by atoms with Crippen LogP contribution < -0.4 is 9.64 Å². The molecule has 7 unspecified atom stereocenters. The van der Waals surface area contributed by atoms with Gasteiger partial charge in [-0.25, -0.2) is 0 Å². The van der Waals surface area contributed by atoms with Gasteiger partial charge in [-0.1, -0.05) is 26.2 Å². The minimum absolute atomic E-state index is 0.794. The van der Waals surface area contributed by atoms with E-state index >= 15 is 0 Å². The minimum atomic E-state index is 0.794. The Balaban J connectivity index is 1.52. The molecule has 3 saturated carbocycles. The molecule has 5 rings (SSSR count). The number of hydrogen-bond acceptors (Lipinski definition) is 2. The maximum absolute atomic E-state index is 5.41. The van der Waals surface area contributed by atoms with Gasteiger partial charge in [-0.3, -0.25) is 0 Å².